The lowest BCUT2D eigenvalue weighted by Gasteiger charge is -2.36. The summed E-state index contributed by atoms with van der Waals surface area (Å²) in [5.74, 6) is -0.112. The first-order valence-corrected chi connectivity index (χ1v) is 5.69. The van der Waals surface area contributed by atoms with Crippen molar-refractivity contribution in [1.82, 2.24) is 10.2 Å². The third kappa shape index (κ3) is 2.95. The van der Waals surface area contributed by atoms with Crippen molar-refractivity contribution in [2.45, 2.75) is 38.8 Å². The zero-order valence-electron chi connectivity index (χ0n) is 10.2. The van der Waals surface area contributed by atoms with Gasteiger partial charge in [0.2, 0.25) is 11.8 Å². The van der Waals surface area contributed by atoms with Gasteiger partial charge >= 0.3 is 0 Å². The van der Waals surface area contributed by atoms with Crippen LogP contribution in [0.5, 0.6) is 0 Å². The minimum atomic E-state index is -0.419. The third-order valence-electron chi connectivity index (χ3n) is 2.77. The monoisotopic (exact) mass is 228 g/mol. The van der Waals surface area contributed by atoms with Crippen LogP contribution in [0.3, 0.4) is 0 Å². The van der Waals surface area contributed by atoms with Crippen LogP contribution in [-0.2, 0) is 14.3 Å². The summed E-state index contributed by atoms with van der Waals surface area (Å²) < 4.78 is 5.10. The van der Waals surface area contributed by atoms with E-state index in [1.807, 2.05) is 0 Å². The number of hydrogen-bond acceptors (Lipinski definition) is 3. The SMILES string of the molecule is CCCC(COC)N1CC(=O)NC(C)C1=O. The van der Waals surface area contributed by atoms with Crippen molar-refractivity contribution >= 4 is 11.8 Å². The Morgan fingerprint density at radius 1 is 1.56 bits per heavy atom. The molecule has 0 radical (unpaired) electrons. The normalized spacial score (nSPS) is 23.2. The van der Waals surface area contributed by atoms with Crippen LogP contribution >= 0.6 is 0 Å². The zero-order chi connectivity index (χ0) is 12.1. The van der Waals surface area contributed by atoms with E-state index in [1.165, 1.54) is 0 Å². The van der Waals surface area contributed by atoms with E-state index in [0.29, 0.717) is 6.61 Å². The molecule has 1 aliphatic heterocycles. The van der Waals surface area contributed by atoms with Gasteiger partial charge in [-0.3, -0.25) is 9.59 Å². The predicted octanol–water partition coefficient (Wildman–Crippen LogP) is 0.148. The first-order chi connectivity index (χ1) is 7.60. The maximum atomic E-state index is 11.9. The molecule has 5 nitrogen and oxygen atoms in total. The molecule has 2 unspecified atom stereocenters. The van der Waals surface area contributed by atoms with Gasteiger partial charge in [0.15, 0.2) is 0 Å². The summed E-state index contributed by atoms with van der Waals surface area (Å²) in [7, 11) is 1.61. The van der Waals surface area contributed by atoms with Gasteiger partial charge in [-0.1, -0.05) is 13.3 Å². The number of amides is 2. The Kier molecular flexibility index (Phi) is 4.73. The maximum absolute atomic E-state index is 11.9. The summed E-state index contributed by atoms with van der Waals surface area (Å²) in [5.41, 5.74) is 0. The molecule has 2 amide bonds. The summed E-state index contributed by atoms with van der Waals surface area (Å²) in [6.45, 7) is 4.40. The molecule has 1 fully saturated rings. The number of carbonyl (C=O) groups is 2. The fourth-order valence-corrected chi connectivity index (χ4v) is 1.99. The first kappa shape index (κ1) is 13.0. The lowest BCUT2D eigenvalue weighted by molar-refractivity contribution is -0.147. The molecule has 1 rings (SSSR count). The van der Waals surface area contributed by atoms with Crippen LogP contribution in [0.15, 0.2) is 0 Å². The predicted molar refractivity (Wildman–Crippen MR) is 59.9 cm³/mol. The largest absolute Gasteiger partial charge is 0.383 e. The Morgan fingerprint density at radius 2 is 2.25 bits per heavy atom. The van der Waals surface area contributed by atoms with Crippen molar-refractivity contribution in [2.75, 3.05) is 20.3 Å². The van der Waals surface area contributed by atoms with E-state index in [2.05, 4.69) is 12.2 Å². The quantitative estimate of drug-likeness (QED) is 0.728. The molecule has 1 aliphatic rings. The summed E-state index contributed by atoms with van der Waals surface area (Å²) in [6.07, 6.45) is 1.83. The third-order valence-corrected chi connectivity index (χ3v) is 2.77. The molecule has 0 bridgehead atoms. The second-order valence-corrected chi connectivity index (χ2v) is 4.15. The van der Waals surface area contributed by atoms with Gasteiger partial charge in [-0.25, -0.2) is 0 Å². The van der Waals surface area contributed by atoms with Gasteiger partial charge in [0, 0.05) is 7.11 Å². The van der Waals surface area contributed by atoms with Gasteiger partial charge in [-0.05, 0) is 13.3 Å². The van der Waals surface area contributed by atoms with E-state index < -0.39 is 6.04 Å². The number of piperazine rings is 1. The Hall–Kier alpha value is -1.10. The number of carbonyl (C=O) groups excluding carboxylic acids is 2. The van der Waals surface area contributed by atoms with Crippen LogP contribution in [0.1, 0.15) is 26.7 Å². The fourth-order valence-electron chi connectivity index (χ4n) is 1.99. The molecule has 0 saturated carbocycles. The van der Waals surface area contributed by atoms with Gasteiger partial charge in [0.1, 0.15) is 6.04 Å². The summed E-state index contributed by atoms with van der Waals surface area (Å²) >= 11 is 0. The van der Waals surface area contributed by atoms with Crippen LogP contribution in [0.2, 0.25) is 0 Å². The average Bonchev–Trinajstić information content (AvgIpc) is 2.23. The van der Waals surface area contributed by atoms with E-state index >= 15 is 0 Å². The van der Waals surface area contributed by atoms with Gasteiger partial charge in [-0.2, -0.15) is 0 Å². The standard InChI is InChI=1S/C11H20N2O3/c1-4-5-9(7-16-3)13-6-10(14)12-8(2)11(13)15/h8-9H,4-7H2,1-3H3,(H,12,14). The number of hydrogen-bond donors (Lipinski definition) is 1. The van der Waals surface area contributed by atoms with Gasteiger partial charge in [0.25, 0.3) is 0 Å². The Morgan fingerprint density at radius 3 is 2.81 bits per heavy atom. The van der Waals surface area contributed by atoms with Crippen molar-refractivity contribution in [3.05, 3.63) is 0 Å². The zero-order valence-corrected chi connectivity index (χ0v) is 10.2. The molecule has 92 valence electrons. The smallest absolute Gasteiger partial charge is 0.245 e. The van der Waals surface area contributed by atoms with Crippen molar-refractivity contribution in [2.24, 2.45) is 0 Å². The summed E-state index contributed by atoms with van der Waals surface area (Å²) in [4.78, 5) is 24.9. The molecule has 1 N–H and O–H groups in total. The van der Waals surface area contributed by atoms with Crippen molar-refractivity contribution < 1.29 is 14.3 Å². The number of nitrogens with one attached hydrogen (secondary N) is 1. The second-order valence-electron chi connectivity index (χ2n) is 4.15. The number of rotatable bonds is 5. The van der Waals surface area contributed by atoms with Gasteiger partial charge in [0.05, 0.1) is 19.2 Å². The number of ether oxygens (including phenoxy) is 1. The number of nitrogens with zero attached hydrogens (tertiary/aromatic N) is 1. The molecule has 2 atom stereocenters. The Labute approximate surface area is 96.1 Å². The van der Waals surface area contributed by atoms with Crippen LogP contribution < -0.4 is 5.32 Å². The van der Waals surface area contributed by atoms with Crippen LogP contribution in [0.4, 0.5) is 0 Å². The summed E-state index contributed by atoms with van der Waals surface area (Å²) in [5, 5.41) is 2.63. The molecule has 0 aromatic heterocycles. The first-order valence-electron chi connectivity index (χ1n) is 5.69. The van der Waals surface area contributed by atoms with Crippen molar-refractivity contribution in [3.63, 3.8) is 0 Å². The average molecular weight is 228 g/mol. The van der Waals surface area contributed by atoms with Gasteiger partial charge in [-0.15, -0.1) is 0 Å². The minimum absolute atomic E-state index is 0.0102. The molecule has 16 heavy (non-hydrogen) atoms. The van der Waals surface area contributed by atoms with E-state index in [9.17, 15) is 9.59 Å². The molecular weight excluding hydrogens is 208 g/mol. The molecule has 1 saturated heterocycles. The van der Waals surface area contributed by atoms with Crippen molar-refractivity contribution in [1.29, 1.82) is 0 Å². The van der Waals surface area contributed by atoms with E-state index in [4.69, 9.17) is 4.74 Å². The molecule has 0 aromatic carbocycles. The van der Waals surface area contributed by atoms with E-state index in [-0.39, 0.29) is 24.4 Å². The van der Waals surface area contributed by atoms with E-state index in [0.717, 1.165) is 12.8 Å². The highest BCUT2D eigenvalue weighted by Crippen LogP contribution is 2.12. The maximum Gasteiger partial charge on any atom is 0.245 e. The molecule has 0 aromatic rings. The number of methoxy groups -OCH3 is 1. The van der Waals surface area contributed by atoms with Crippen LogP contribution in [0, 0.1) is 0 Å². The Bertz CT molecular complexity index is 262. The van der Waals surface area contributed by atoms with Crippen molar-refractivity contribution in [3.8, 4) is 0 Å². The fraction of sp³-hybridized carbons (Fsp3) is 0.818. The van der Waals surface area contributed by atoms with Crippen LogP contribution in [0.25, 0.3) is 0 Å². The van der Waals surface area contributed by atoms with Crippen LogP contribution in [-0.4, -0.2) is 49.1 Å². The lowest BCUT2D eigenvalue weighted by atomic mass is 10.1. The lowest BCUT2D eigenvalue weighted by Crippen LogP contribution is -2.60. The minimum Gasteiger partial charge on any atom is -0.383 e. The Balaban J connectivity index is 2.72. The topological polar surface area (TPSA) is 58.6 Å². The molecular formula is C11H20N2O3. The summed E-state index contributed by atoms with van der Waals surface area (Å²) in [6, 6.07) is -0.409. The highest BCUT2D eigenvalue weighted by atomic mass is 16.5. The molecule has 5 heteroatoms. The second kappa shape index (κ2) is 5.84. The highest BCUT2D eigenvalue weighted by molar-refractivity contribution is 5.94. The van der Waals surface area contributed by atoms with E-state index in [1.54, 1.807) is 18.9 Å². The molecule has 0 aliphatic carbocycles. The highest BCUT2D eigenvalue weighted by Gasteiger charge is 2.33. The molecule has 0 spiro atoms. The van der Waals surface area contributed by atoms with Gasteiger partial charge < -0.3 is 15.0 Å². The molecule has 1 heterocycles.